The van der Waals surface area contributed by atoms with Crippen molar-refractivity contribution in [3.05, 3.63) is 39.3 Å². The summed E-state index contributed by atoms with van der Waals surface area (Å²) < 4.78 is 7.15. The molecule has 2 aromatic heterocycles. The van der Waals surface area contributed by atoms with Crippen LogP contribution in [0.3, 0.4) is 0 Å². The van der Waals surface area contributed by atoms with Crippen LogP contribution in [0.25, 0.3) is 0 Å². The van der Waals surface area contributed by atoms with Crippen molar-refractivity contribution >= 4 is 41.3 Å². The molecule has 2 N–H and O–H groups in total. The van der Waals surface area contributed by atoms with E-state index >= 15 is 0 Å². The van der Waals surface area contributed by atoms with Crippen LogP contribution < -0.4 is 10.6 Å². The van der Waals surface area contributed by atoms with Crippen LogP contribution in [0.4, 0.5) is 0 Å². The van der Waals surface area contributed by atoms with Crippen molar-refractivity contribution in [1.29, 1.82) is 0 Å². The van der Waals surface area contributed by atoms with Gasteiger partial charge in [0.1, 0.15) is 0 Å². The second-order valence-electron chi connectivity index (χ2n) is 5.55. The molecule has 0 saturated heterocycles. The Bertz CT molecular complexity index is 654. The number of thiophene rings is 1. The topological polar surface area (TPSA) is 63.5 Å². The Morgan fingerprint density at radius 1 is 1.36 bits per heavy atom. The lowest BCUT2D eigenvalue weighted by Crippen LogP contribution is -2.37. The molecule has 0 amide bonds. The fraction of sp³-hybridized carbons (Fsp3) is 0.529. The maximum Gasteiger partial charge on any atom is 0.191 e. The first-order chi connectivity index (χ1) is 11.7. The molecule has 0 atom stereocenters. The second-order valence-corrected chi connectivity index (χ2v) is 6.33. The van der Waals surface area contributed by atoms with E-state index in [4.69, 9.17) is 4.74 Å². The maximum atomic E-state index is 5.14. The number of nitrogens with zero attached hydrogens (tertiary/aromatic N) is 3. The molecule has 0 aliphatic carbocycles. The lowest BCUT2D eigenvalue weighted by atomic mass is 10.2. The van der Waals surface area contributed by atoms with E-state index in [1.165, 1.54) is 16.8 Å². The maximum absolute atomic E-state index is 5.14. The first-order valence-corrected chi connectivity index (χ1v) is 9.15. The molecule has 2 aromatic rings. The first-order valence-electron chi connectivity index (χ1n) is 8.20. The third kappa shape index (κ3) is 6.59. The summed E-state index contributed by atoms with van der Waals surface area (Å²) in [5, 5.41) is 15.5. The van der Waals surface area contributed by atoms with E-state index in [2.05, 4.69) is 51.4 Å². The van der Waals surface area contributed by atoms with Gasteiger partial charge in [-0.2, -0.15) is 16.4 Å². The van der Waals surface area contributed by atoms with E-state index in [1.54, 1.807) is 18.4 Å². The quantitative estimate of drug-likeness (QED) is 0.349. The monoisotopic (exact) mass is 477 g/mol. The standard InChI is InChI=1S/C17H27N5OS.HI/c1-5-18-17(19-10-15-6-9-24-12-15)20-11-16-13(2)21-22(14(16)3)7-8-23-4;/h6,9,12H,5,7-8,10-11H2,1-4H3,(H2,18,19,20);1H. The molecular formula is C17H28IN5OS. The zero-order chi connectivity index (χ0) is 17.4. The average Bonchev–Trinajstić information content (AvgIpc) is 3.17. The van der Waals surface area contributed by atoms with Gasteiger partial charge in [0.05, 0.1) is 25.4 Å². The number of ether oxygens (including phenoxy) is 1. The molecule has 6 nitrogen and oxygen atoms in total. The Labute approximate surface area is 171 Å². The minimum atomic E-state index is 0. The van der Waals surface area contributed by atoms with Crippen LogP contribution in [0.2, 0.25) is 0 Å². The zero-order valence-electron chi connectivity index (χ0n) is 15.3. The molecule has 0 unspecified atom stereocenters. The van der Waals surface area contributed by atoms with E-state index < -0.39 is 0 Å². The zero-order valence-corrected chi connectivity index (χ0v) is 18.5. The van der Waals surface area contributed by atoms with Crippen LogP contribution in [0.5, 0.6) is 0 Å². The summed E-state index contributed by atoms with van der Waals surface area (Å²) in [6.45, 7) is 9.88. The number of nitrogens with one attached hydrogen (secondary N) is 2. The van der Waals surface area contributed by atoms with Gasteiger partial charge in [0.2, 0.25) is 0 Å². The highest BCUT2D eigenvalue weighted by molar-refractivity contribution is 14.0. The van der Waals surface area contributed by atoms with Gasteiger partial charge < -0.3 is 15.4 Å². The Kier molecular flexibility index (Phi) is 10.1. The minimum absolute atomic E-state index is 0. The number of halogens is 1. The van der Waals surface area contributed by atoms with Crippen LogP contribution in [0.15, 0.2) is 21.8 Å². The largest absolute Gasteiger partial charge is 0.383 e. The van der Waals surface area contributed by atoms with E-state index in [-0.39, 0.29) is 24.0 Å². The van der Waals surface area contributed by atoms with Crippen molar-refractivity contribution in [2.75, 3.05) is 20.3 Å². The van der Waals surface area contributed by atoms with Gasteiger partial charge in [-0.05, 0) is 43.2 Å². The smallest absolute Gasteiger partial charge is 0.191 e. The molecule has 2 rings (SSSR count). The number of hydrogen-bond donors (Lipinski definition) is 2. The van der Waals surface area contributed by atoms with Crippen LogP contribution in [-0.4, -0.2) is 36.0 Å². The van der Waals surface area contributed by atoms with Gasteiger partial charge in [0.25, 0.3) is 0 Å². The molecule has 25 heavy (non-hydrogen) atoms. The molecule has 140 valence electrons. The average molecular weight is 477 g/mol. The third-order valence-electron chi connectivity index (χ3n) is 3.82. The van der Waals surface area contributed by atoms with Crippen molar-refractivity contribution in [3.8, 4) is 0 Å². The fourth-order valence-corrected chi connectivity index (χ4v) is 3.11. The van der Waals surface area contributed by atoms with E-state index in [9.17, 15) is 0 Å². The SMILES string of the molecule is CCNC(=NCc1ccsc1)NCc1c(C)nn(CCOC)c1C.I. The highest BCUT2D eigenvalue weighted by atomic mass is 127. The fourth-order valence-electron chi connectivity index (χ4n) is 2.45. The summed E-state index contributed by atoms with van der Waals surface area (Å²) in [5.74, 6) is 0.826. The summed E-state index contributed by atoms with van der Waals surface area (Å²) >= 11 is 1.70. The van der Waals surface area contributed by atoms with Crippen molar-refractivity contribution in [3.63, 3.8) is 0 Å². The van der Waals surface area contributed by atoms with Gasteiger partial charge in [-0.1, -0.05) is 0 Å². The number of hydrogen-bond acceptors (Lipinski definition) is 4. The summed E-state index contributed by atoms with van der Waals surface area (Å²) in [6, 6.07) is 2.10. The van der Waals surface area contributed by atoms with E-state index in [0.29, 0.717) is 19.7 Å². The normalized spacial score (nSPS) is 11.3. The second kappa shape index (κ2) is 11.5. The molecule has 0 aliphatic heterocycles. The predicted molar refractivity (Wildman–Crippen MR) is 115 cm³/mol. The van der Waals surface area contributed by atoms with Gasteiger partial charge in [0, 0.05) is 31.5 Å². The minimum Gasteiger partial charge on any atom is -0.383 e. The molecule has 2 heterocycles. The van der Waals surface area contributed by atoms with Crippen LogP contribution in [0.1, 0.15) is 29.4 Å². The van der Waals surface area contributed by atoms with Crippen molar-refractivity contribution < 1.29 is 4.74 Å². The Balaban J connectivity index is 0.00000312. The lowest BCUT2D eigenvalue weighted by molar-refractivity contribution is 0.182. The molecule has 0 fully saturated rings. The predicted octanol–water partition coefficient (Wildman–Crippen LogP) is 3.08. The molecular weight excluding hydrogens is 449 g/mol. The Hall–Kier alpha value is -1.13. The molecule has 0 radical (unpaired) electrons. The van der Waals surface area contributed by atoms with E-state index in [1.807, 2.05) is 11.6 Å². The lowest BCUT2D eigenvalue weighted by Gasteiger charge is -2.11. The number of methoxy groups -OCH3 is 1. The number of aromatic nitrogens is 2. The molecule has 8 heteroatoms. The first kappa shape index (κ1) is 21.9. The van der Waals surface area contributed by atoms with Crippen LogP contribution in [-0.2, 0) is 24.4 Å². The highest BCUT2D eigenvalue weighted by Gasteiger charge is 2.11. The van der Waals surface area contributed by atoms with E-state index in [0.717, 1.165) is 24.7 Å². The molecule has 0 bridgehead atoms. The summed E-state index contributed by atoms with van der Waals surface area (Å²) in [6.07, 6.45) is 0. The van der Waals surface area contributed by atoms with Gasteiger partial charge >= 0.3 is 0 Å². The van der Waals surface area contributed by atoms with Gasteiger partial charge in [-0.25, -0.2) is 4.99 Å². The molecule has 0 spiro atoms. The van der Waals surface area contributed by atoms with Crippen molar-refractivity contribution in [2.24, 2.45) is 4.99 Å². The van der Waals surface area contributed by atoms with Gasteiger partial charge in [-0.3, -0.25) is 4.68 Å². The van der Waals surface area contributed by atoms with Crippen molar-refractivity contribution in [1.82, 2.24) is 20.4 Å². The summed E-state index contributed by atoms with van der Waals surface area (Å²) in [4.78, 5) is 4.64. The third-order valence-corrected chi connectivity index (χ3v) is 4.55. The van der Waals surface area contributed by atoms with Gasteiger partial charge in [0.15, 0.2) is 5.96 Å². The Morgan fingerprint density at radius 2 is 2.16 bits per heavy atom. The van der Waals surface area contributed by atoms with Crippen LogP contribution in [0, 0.1) is 13.8 Å². The number of aryl methyl sites for hydroxylation is 1. The molecule has 0 saturated carbocycles. The highest BCUT2D eigenvalue weighted by Crippen LogP contribution is 2.13. The number of rotatable bonds is 8. The molecule has 0 aromatic carbocycles. The number of aliphatic imine (C=N–C) groups is 1. The number of guanidine groups is 1. The van der Waals surface area contributed by atoms with Gasteiger partial charge in [-0.15, -0.1) is 24.0 Å². The summed E-state index contributed by atoms with van der Waals surface area (Å²) in [7, 11) is 1.71. The van der Waals surface area contributed by atoms with Crippen LogP contribution >= 0.6 is 35.3 Å². The summed E-state index contributed by atoms with van der Waals surface area (Å²) in [5.41, 5.74) is 4.67. The molecule has 0 aliphatic rings. The van der Waals surface area contributed by atoms with Crippen molar-refractivity contribution in [2.45, 2.75) is 40.4 Å². The Morgan fingerprint density at radius 3 is 2.80 bits per heavy atom.